The molecule has 1 aliphatic rings. The molecule has 4 rings (SSSR count). The van der Waals surface area contributed by atoms with E-state index < -0.39 is 24.6 Å². The third-order valence-corrected chi connectivity index (χ3v) is 5.00. The third kappa shape index (κ3) is 5.23. The number of H-pyrrole nitrogens is 1. The zero-order valence-corrected chi connectivity index (χ0v) is 16.3. The normalized spacial score (nSPS) is 15.3. The Balaban J connectivity index is 1.32. The molecular weight excluding hydrogens is 416 g/mol. The number of carbonyl (C=O) groups excluding carboxylic acids is 1. The number of benzene rings is 1. The number of pyridine rings is 1. The molecule has 1 aromatic carbocycles. The molecule has 2 amide bonds. The fraction of sp³-hybridized carbons (Fsp3) is 0.300. The Kier molecular flexibility index (Phi) is 5.68. The number of fused-ring (bicyclic) bond motifs is 1. The predicted octanol–water partition coefficient (Wildman–Crippen LogP) is 4.03. The van der Waals surface area contributed by atoms with Gasteiger partial charge < -0.3 is 20.5 Å². The predicted molar refractivity (Wildman–Crippen MR) is 110 cm³/mol. The minimum Gasteiger partial charge on any atom is -0.359 e. The number of hydrogen-bond acceptors (Lipinski definition) is 4. The zero-order valence-electron chi connectivity index (χ0n) is 16.3. The largest absolute Gasteiger partial charge is 0.401 e. The molecular formula is C20H20F4N6O. The van der Waals surface area contributed by atoms with Gasteiger partial charge in [0.05, 0.1) is 24.1 Å². The smallest absolute Gasteiger partial charge is 0.359 e. The number of carbonyl (C=O) groups is 1. The van der Waals surface area contributed by atoms with Gasteiger partial charge in [0.1, 0.15) is 11.6 Å². The molecule has 0 atom stereocenters. The molecule has 3 aromatic rings. The third-order valence-electron chi connectivity index (χ3n) is 5.00. The van der Waals surface area contributed by atoms with Gasteiger partial charge in [-0.15, -0.1) is 0 Å². The summed E-state index contributed by atoms with van der Waals surface area (Å²) in [4.78, 5) is 22.8. The highest BCUT2D eigenvalue weighted by Crippen LogP contribution is 2.24. The Hall–Kier alpha value is -3.34. The van der Waals surface area contributed by atoms with Crippen molar-refractivity contribution in [2.45, 2.75) is 6.18 Å². The van der Waals surface area contributed by atoms with E-state index in [9.17, 15) is 22.4 Å². The first-order valence-electron chi connectivity index (χ1n) is 9.61. The van der Waals surface area contributed by atoms with Crippen LogP contribution in [0.2, 0.25) is 0 Å². The first-order valence-corrected chi connectivity index (χ1v) is 9.61. The standard InChI is InChI=1S/C20H20F4N6O/c21-13-1-3-16-15(9-13)17(11-25-16)28-19(31)27-14-2-4-18(26-10-14)30-7-5-29(6-8-30)12-20(22,23)24/h1-4,9-11,25H,5-8,12H2,(H2,27,28,31). The number of amides is 2. The average molecular weight is 436 g/mol. The Bertz CT molecular complexity index is 1060. The molecule has 0 radical (unpaired) electrons. The fourth-order valence-corrected chi connectivity index (χ4v) is 3.52. The molecule has 0 spiro atoms. The maximum absolute atomic E-state index is 13.5. The average Bonchev–Trinajstić information content (AvgIpc) is 3.10. The molecule has 31 heavy (non-hydrogen) atoms. The van der Waals surface area contributed by atoms with E-state index in [0.29, 0.717) is 54.3 Å². The van der Waals surface area contributed by atoms with Crippen molar-refractivity contribution in [3.05, 3.63) is 48.5 Å². The number of anilines is 3. The summed E-state index contributed by atoms with van der Waals surface area (Å²) in [5.41, 5.74) is 1.58. The lowest BCUT2D eigenvalue weighted by Crippen LogP contribution is -2.49. The lowest BCUT2D eigenvalue weighted by atomic mass is 10.2. The van der Waals surface area contributed by atoms with E-state index in [-0.39, 0.29) is 0 Å². The van der Waals surface area contributed by atoms with Crippen LogP contribution in [0.1, 0.15) is 0 Å². The van der Waals surface area contributed by atoms with Gasteiger partial charge in [-0.2, -0.15) is 13.2 Å². The number of halogens is 4. The van der Waals surface area contributed by atoms with Crippen molar-refractivity contribution in [2.75, 3.05) is 48.3 Å². The van der Waals surface area contributed by atoms with Gasteiger partial charge in [0.25, 0.3) is 0 Å². The number of hydrogen-bond donors (Lipinski definition) is 3. The lowest BCUT2D eigenvalue weighted by Gasteiger charge is -2.35. The van der Waals surface area contributed by atoms with E-state index in [1.165, 1.54) is 23.2 Å². The molecule has 164 valence electrons. The van der Waals surface area contributed by atoms with Crippen molar-refractivity contribution in [3.8, 4) is 0 Å². The molecule has 0 aliphatic carbocycles. The van der Waals surface area contributed by atoms with Crippen molar-refractivity contribution in [3.63, 3.8) is 0 Å². The monoisotopic (exact) mass is 436 g/mol. The second-order valence-corrected chi connectivity index (χ2v) is 7.25. The summed E-state index contributed by atoms with van der Waals surface area (Å²) in [6.45, 7) is 0.569. The molecule has 1 fully saturated rings. The van der Waals surface area contributed by atoms with E-state index in [1.54, 1.807) is 24.4 Å². The van der Waals surface area contributed by atoms with Crippen LogP contribution in [0.5, 0.6) is 0 Å². The van der Waals surface area contributed by atoms with Crippen LogP contribution < -0.4 is 15.5 Å². The summed E-state index contributed by atoms with van der Waals surface area (Å²) in [5, 5.41) is 5.86. The highest BCUT2D eigenvalue weighted by atomic mass is 19.4. The van der Waals surface area contributed by atoms with Crippen molar-refractivity contribution in [1.29, 1.82) is 0 Å². The highest BCUT2D eigenvalue weighted by Gasteiger charge is 2.32. The van der Waals surface area contributed by atoms with Gasteiger partial charge in [-0.25, -0.2) is 14.2 Å². The fourth-order valence-electron chi connectivity index (χ4n) is 3.52. The molecule has 1 aliphatic heterocycles. The van der Waals surface area contributed by atoms with Crippen LogP contribution in [0.3, 0.4) is 0 Å². The van der Waals surface area contributed by atoms with Crippen LogP contribution in [0.4, 0.5) is 39.5 Å². The second-order valence-electron chi connectivity index (χ2n) is 7.25. The van der Waals surface area contributed by atoms with Gasteiger partial charge in [-0.1, -0.05) is 0 Å². The van der Waals surface area contributed by atoms with Crippen LogP contribution >= 0.6 is 0 Å². The molecule has 1 saturated heterocycles. The van der Waals surface area contributed by atoms with Gasteiger partial charge in [0, 0.05) is 43.3 Å². The number of nitrogens with one attached hydrogen (secondary N) is 3. The van der Waals surface area contributed by atoms with E-state index in [2.05, 4.69) is 20.6 Å². The van der Waals surface area contributed by atoms with Crippen molar-refractivity contribution in [1.82, 2.24) is 14.9 Å². The maximum Gasteiger partial charge on any atom is 0.401 e. The van der Waals surface area contributed by atoms with E-state index in [1.807, 2.05) is 4.90 Å². The molecule has 0 bridgehead atoms. The number of urea groups is 1. The minimum atomic E-state index is -4.20. The van der Waals surface area contributed by atoms with Crippen LogP contribution in [0, 0.1) is 5.82 Å². The van der Waals surface area contributed by atoms with Crippen molar-refractivity contribution in [2.24, 2.45) is 0 Å². The van der Waals surface area contributed by atoms with Crippen LogP contribution in [-0.4, -0.2) is 59.8 Å². The van der Waals surface area contributed by atoms with Crippen LogP contribution in [0.15, 0.2) is 42.7 Å². The molecule has 0 saturated carbocycles. The van der Waals surface area contributed by atoms with Crippen molar-refractivity contribution < 1.29 is 22.4 Å². The topological polar surface area (TPSA) is 76.3 Å². The number of alkyl halides is 3. The van der Waals surface area contributed by atoms with E-state index in [0.717, 1.165) is 0 Å². The molecule has 7 nitrogen and oxygen atoms in total. The summed E-state index contributed by atoms with van der Waals surface area (Å²) in [6, 6.07) is 7.09. The quantitative estimate of drug-likeness (QED) is 0.540. The van der Waals surface area contributed by atoms with Gasteiger partial charge >= 0.3 is 12.2 Å². The Morgan fingerprint density at radius 3 is 2.55 bits per heavy atom. The number of rotatable bonds is 4. The molecule has 3 heterocycles. The van der Waals surface area contributed by atoms with Gasteiger partial charge in [-0.05, 0) is 30.3 Å². The van der Waals surface area contributed by atoms with E-state index in [4.69, 9.17) is 0 Å². The molecule has 11 heteroatoms. The summed E-state index contributed by atoms with van der Waals surface area (Å²) < 4.78 is 50.9. The Morgan fingerprint density at radius 1 is 1.10 bits per heavy atom. The van der Waals surface area contributed by atoms with Crippen molar-refractivity contribution >= 4 is 34.1 Å². The van der Waals surface area contributed by atoms with Gasteiger partial charge in [0.15, 0.2) is 0 Å². The van der Waals surface area contributed by atoms with Gasteiger partial charge in [-0.3, -0.25) is 4.90 Å². The number of nitrogens with zero attached hydrogens (tertiary/aromatic N) is 3. The van der Waals surface area contributed by atoms with E-state index >= 15 is 0 Å². The molecule has 0 unspecified atom stereocenters. The first-order chi connectivity index (χ1) is 14.8. The van der Waals surface area contributed by atoms with Gasteiger partial charge in [0.2, 0.25) is 0 Å². The highest BCUT2D eigenvalue weighted by molar-refractivity contribution is 6.05. The van der Waals surface area contributed by atoms with Crippen LogP contribution in [0.25, 0.3) is 10.9 Å². The summed E-state index contributed by atoms with van der Waals surface area (Å²) >= 11 is 0. The zero-order chi connectivity index (χ0) is 22.0. The summed E-state index contributed by atoms with van der Waals surface area (Å²) in [7, 11) is 0. The first kappa shape index (κ1) is 20.9. The minimum absolute atomic E-state index is 0.300. The maximum atomic E-state index is 13.5. The Morgan fingerprint density at radius 2 is 1.87 bits per heavy atom. The second kappa shape index (κ2) is 8.42. The number of piperazine rings is 1. The van der Waals surface area contributed by atoms with Crippen LogP contribution in [-0.2, 0) is 0 Å². The number of aromatic nitrogens is 2. The number of aromatic amines is 1. The lowest BCUT2D eigenvalue weighted by molar-refractivity contribution is -0.146. The Labute approximate surface area is 175 Å². The summed E-state index contributed by atoms with van der Waals surface area (Å²) in [5.74, 6) is 0.222. The summed E-state index contributed by atoms with van der Waals surface area (Å²) in [6.07, 6.45) is -1.15. The molecule has 3 N–H and O–H groups in total. The SMILES string of the molecule is O=C(Nc1ccc(N2CCN(CC(F)(F)F)CC2)nc1)Nc1c[nH]c2ccc(F)cc12. The molecule has 2 aromatic heterocycles.